The van der Waals surface area contributed by atoms with Crippen molar-refractivity contribution in [1.82, 2.24) is 4.90 Å². The predicted molar refractivity (Wildman–Crippen MR) is 112 cm³/mol. The Kier molecular flexibility index (Phi) is 5.66. The Bertz CT molecular complexity index is 996. The maximum absolute atomic E-state index is 13.4. The highest BCUT2D eigenvalue weighted by Crippen LogP contribution is 2.50. The van der Waals surface area contributed by atoms with Gasteiger partial charge in [0.2, 0.25) is 0 Å². The molecule has 0 aromatic heterocycles. The SMILES string of the molecule is COCCC1CC1c1cccc(C2(c3ccc(OC(F)F)cc3)N=C(N)N(C)C2=O)c1. The number of likely N-dealkylation sites (N-methyl/N-ethyl adjacent to an activating group) is 1. The van der Waals surface area contributed by atoms with Gasteiger partial charge in [-0.3, -0.25) is 9.69 Å². The van der Waals surface area contributed by atoms with Gasteiger partial charge in [0.1, 0.15) is 5.75 Å². The second-order valence-corrected chi connectivity index (χ2v) is 7.96. The molecule has 6 nitrogen and oxygen atoms in total. The number of carbonyl (C=O) groups excluding carboxylic acids is 1. The maximum atomic E-state index is 13.4. The zero-order valence-corrected chi connectivity index (χ0v) is 17.4. The molecule has 2 aliphatic rings. The number of nitrogens with zero attached hydrogens (tertiary/aromatic N) is 2. The average molecular weight is 429 g/mol. The van der Waals surface area contributed by atoms with E-state index in [4.69, 9.17) is 10.5 Å². The molecule has 0 radical (unpaired) electrons. The summed E-state index contributed by atoms with van der Waals surface area (Å²) in [6.07, 6.45) is 2.08. The molecule has 1 amide bonds. The molecular formula is C23H25F2N3O3. The van der Waals surface area contributed by atoms with E-state index in [1.54, 1.807) is 26.3 Å². The van der Waals surface area contributed by atoms with Gasteiger partial charge in [-0.25, -0.2) is 4.99 Å². The number of carbonyl (C=O) groups is 1. The van der Waals surface area contributed by atoms with Crippen molar-refractivity contribution in [3.05, 3.63) is 65.2 Å². The van der Waals surface area contributed by atoms with Crippen molar-refractivity contribution in [2.24, 2.45) is 16.6 Å². The molecule has 1 fully saturated rings. The number of halogens is 2. The van der Waals surface area contributed by atoms with E-state index < -0.39 is 12.2 Å². The second-order valence-electron chi connectivity index (χ2n) is 7.96. The summed E-state index contributed by atoms with van der Waals surface area (Å²) in [5.41, 5.74) is 7.03. The van der Waals surface area contributed by atoms with Crippen molar-refractivity contribution in [2.75, 3.05) is 20.8 Å². The summed E-state index contributed by atoms with van der Waals surface area (Å²) in [4.78, 5) is 19.2. The standard InChI is InChI=1S/C23H25F2N3O3/c1-28-20(29)23(27-22(28)26,16-6-8-18(9-7-16)31-21(24)25)17-5-3-4-14(12-17)19-13-15(19)10-11-30-2/h3-9,12,15,19,21H,10-11,13H2,1-2H3,(H2,26,27). The topological polar surface area (TPSA) is 77.2 Å². The van der Waals surface area contributed by atoms with Gasteiger partial charge >= 0.3 is 6.61 Å². The number of guanidine groups is 1. The summed E-state index contributed by atoms with van der Waals surface area (Å²) >= 11 is 0. The third-order valence-electron chi connectivity index (χ3n) is 6.09. The second kappa shape index (κ2) is 8.26. The number of ether oxygens (including phenoxy) is 2. The van der Waals surface area contributed by atoms with Gasteiger partial charge in [-0.1, -0.05) is 36.4 Å². The Hall–Kier alpha value is -3.00. The summed E-state index contributed by atoms with van der Waals surface area (Å²) in [7, 11) is 3.27. The number of hydrogen-bond donors (Lipinski definition) is 1. The lowest BCUT2D eigenvalue weighted by molar-refractivity contribution is -0.129. The molecule has 164 valence electrons. The monoisotopic (exact) mass is 429 g/mol. The van der Waals surface area contributed by atoms with Gasteiger partial charge in [-0.05, 0) is 53.5 Å². The third kappa shape index (κ3) is 3.87. The molecule has 4 rings (SSSR count). The van der Waals surface area contributed by atoms with Crippen LogP contribution < -0.4 is 10.5 Å². The van der Waals surface area contributed by atoms with Crippen LogP contribution in [0.5, 0.6) is 5.75 Å². The number of hydrogen-bond acceptors (Lipinski definition) is 5. The minimum absolute atomic E-state index is 0.0115. The largest absolute Gasteiger partial charge is 0.435 e. The fraction of sp³-hybridized carbons (Fsp3) is 0.391. The van der Waals surface area contributed by atoms with Crippen molar-refractivity contribution in [3.63, 3.8) is 0 Å². The van der Waals surface area contributed by atoms with Crippen LogP contribution in [0.25, 0.3) is 0 Å². The number of nitrogens with two attached hydrogens (primary N) is 1. The van der Waals surface area contributed by atoms with Crippen LogP contribution in [0.2, 0.25) is 0 Å². The molecular weight excluding hydrogens is 404 g/mol. The molecule has 0 saturated heterocycles. The van der Waals surface area contributed by atoms with Gasteiger partial charge in [0.25, 0.3) is 5.91 Å². The Morgan fingerprint density at radius 3 is 2.58 bits per heavy atom. The highest BCUT2D eigenvalue weighted by atomic mass is 19.3. The van der Waals surface area contributed by atoms with E-state index in [1.165, 1.54) is 17.0 Å². The van der Waals surface area contributed by atoms with Gasteiger partial charge < -0.3 is 15.2 Å². The minimum atomic E-state index is -2.92. The summed E-state index contributed by atoms with van der Waals surface area (Å²) in [6.45, 7) is -2.20. The normalized spacial score (nSPS) is 25.1. The van der Waals surface area contributed by atoms with E-state index in [-0.39, 0.29) is 17.6 Å². The number of methoxy groups -OCH3 is 1. The van der Waals surface area contributed by atoms with Crippen LogP contribution in [0, 0.1) is 5.92 Å². The quantitative estimate of drug-likeness (QED) is 0.697. The smallest absolute Gasteiger partial charge is 0.387 e. The number of aliphatic imine (C=N–C) groups is 1. The van der Waals surface area contributed by atoms with Crippen LogP contribution in [0.4, 0.5) is 8.78 Å². The molecule has 0 bridgehead atoms. The van der Waals surface area contributed by atoms with Crippen LogP contribution in [-0.2, 0) is 15.1 Å². The third-order valence-corrected chi connectivity index (χ3v) is 6.09. The zero-order valence-electron chi connectivity index (χ0n) is 17.4. The van der Waals surface area contributed by atoms with Crippen molar-refractivity contribution >= 4 is 11.9 Å². The van der Waals surface area contributed by atoms with Gasteiger partial charge in [-0.15, -0.1) is 0 Å². The first-order valence-electron chi connectivity index (χ1n) is 10.1. The first kappa shape index (κ1) is 21.2. The van der Waals surface area contributed by atoms with Crippen LogP contribution in [0.3, 0.4) is 0 Å². The Balaban J connectivity index is 1.72. The van der Waals surface area contributed by atoms with E-state index in [1.807, 2.05) is 18.2 Å². The maximum Gasteiger partial charge on any atom is 0.387 e. The van der Waals surface area contributed by atoms with Crippen molar-refractivity contribution < 1.29 is 23.0 Å². The van der Waals surface area contributed by atoms with Gasteiger partial charge in [0, 0.05) is 20.8 Å². The van der Waals surface area contributed by atoms with Crippen LogP contribution >= 0.6 is 0 Å². The number of rotatable bonds is 8. The van der Waals surface area contributed by atoms with E-state index >= 15 is 0 Å². The molecule has 1 saturated carbocycles. The molecule has 2 aromatic carbocycles. The number of amides is 1. The first-order chi connectivity index (χ1) is 14.9. The molecule has 2 N–H and O–H groups in total. The first-order valence-corrected chi connectivity index (χ1v) is 10.1. The summed E-state index contributed by atoms with van der Waals surface area (Å²) < 4.78 is 34.7. The minimum Gasteiger partial charge on any atom is -0.435 e. The number of benzene rings is 2. The Morgan fingerprint density at radius 2 is 1.97 bits per heavy atom. The van der Waals surface area contributed by atoms with E-state index in [2.05, 4.69) is 15.8 Å². The average Bonchev–Trinajstić information content (AvgIpc) is 3.50. The Morgan fingerprint density at radius 1 is 1.23 bits per heavy atom. The molecule has 3 unspecified atom stereocenters. The highest BCUT2D eigenvalue weighted by molar-refractivity contribution is 6.08. The lowest BCUT2D eigenvalue weighted by Crippen LogP contribution is -2.41. The summed E-state index contributed by atoms with van der Waals surface area (Å²) in [6, 6.07) is 13.8. The fourth-order valence-electron chi connectivity index (χ4n) is 4.30. The highest BCUT2D eigenvalue weighted by Gasteiger charge is 2.50. The van der Waals surface area contributed by atoms with E-state index in [0.29, 0.717) is 23.0 Å². The van der Waals surface area contributed by atoms with E-state index in [0.717, 1.165) is 25.0 Å². The van der Waals surface area contributed by atoms with Crippen molar-refractivity contribution in [1.29, 1.82) is 0 Å². The van der Waals surface area contributed by atoms with Gasteiger partial charge in [-0.2, -0.15) is 8.78 Å². The van der Waals surface area contributed by atoms with Crippen molar-refractivity contribution in [2.45, 2.75) is 30.9 Å². The van der Waals surface area contributed by atoms with Crippen molar-refractivity contribution in [3.8, 4) is 5.75 Å². The lowest BCUT2D eigenvalue weighted by Gasteiger charge is -2.26. The van der Waals surface area contributed by atoms with Gasteiger partial charge in [0.05, 0.1) is 0 Å². The summed E-state index contributed by atoms with van der Waals surface area (Å²) in [5, 5.41) is 0. The molecule has 1 heterocycles. The molecule has 31 heavy (non-hydrogen) atoms. The molecule has 0 spiro atoms. The van der Waals surface area contributed by atoms with Crippen LogP contribution in [-0.4, -0.2) is 44.1 Å². The lowest BCUT2D eigenvalue weighted by atomic mass is 9.81. The predicted octanol–water partition coefficient (Wildman–Crippen LogP) is 3.46. The van der Waals surface area contributed by atoms with Crippen LogP contribution in [0.15, 0.2) is 53.5 Å². The molecule has 1 aliphatic heterocycles. The van der Waals surface area contributed by atoms with Crippen LogP contribution in [0.1, 0.15) is 35.4 Å². The van der Waals surface area contributed by atoms with E-state index in [9.17, 15) is 13.6 Å². The Labute approximate surface area is 179 Å². The van der Waals surface area contributed by atoms with Gasteiger partial charge in [0.15, 0.2) is 11.5 Å². The molecule has 2 aromatic rings. The number of alkyl halides is 2. The molecule has 8 heteroatoms. The fourth-order valence-corrected chi connectivity index (χ4v) is 4.30. The molecule has 1 aliphatic carbocycles. The zero-order chi connectivity index (χ0) is 22.2. The molecule has 3 atom stereocenters. The summed E-state index contributed by atoms with van der Waals surface area (Å²) in [5.74, 6) is 0.804.